The lowest BCUT2D eigenvalue weighted by molar-refractivity contribution is -0.111. The highest BCUT2D eigenvalue weighted by Gasteiger charge is 2.04. The third-order valence-corrected chi connectivity index (χ3v) is 3.46. The van der Waals surface area contributed by atoms with Gasteiger partial charge in [0, 0.05) is 24.3 Å². The monoisotopic (exact) mass is 304 g/mol. The number of anilines is 2. The molecule has 0 atom stereocenters. The van der Waals surface area contributed by atoms with Crippen LogP contribution in [0.4, 0.5) is 11.6 Å². The average Bonchev–Trinajstić information content (AvgIpc) is 2.60. The van der Waals surface area contributed by atoms with Gasteiger partial charge in [-0.1, -0.05) is 30.8 Å². The Morgan fingerprint density at radius 3 is 2.78 bits per heavy atom. The van der Waals surface area contributed by atoms with E-state index in [1.165, 1.54) is 6.08 Å². The SMILES string of the molecule is C=CC(=O)Nc1cccc(-c2ccc3cnc(NC)nc3c2)c1. The molecule has 0 bridgehead atoms. The Balaban J connectivity index is 2.00. The summed E-state index contributed by atoms with van der Waals surface area (Å²) >= 11 is 0. The predicted molar refractivity (Wildman–Crippen MR) is 93.3 cm³/mol. The number of carbonyl (C=O) groups excluding carboxylic acids is 1. The summed E-state index contributed by atoms with van der Waals surface area (Å²) in [4.78, 5) is 20.1. The minimum absolute atomic E-state index is 0.230. The Kier molecular flexibility index (Phi) is 4.01. The third kappa shape index (κ3) is 3.18. The first-order valence-corrected chi connectivity index (χ1v) is 7.18. The molecule has 0 fully saturated rings. The summed E-state index contributed by atoms with van der Waals surface area (Å²) in [5.41, 5.74) is 3.61. The highest BCUT2D eigenvalue weighted by Crippen LogP contribution is 2.26. The van der Waals surface area contributed by atoms with Crippen molar-refractivity contribution in [3.63, 3.8) is 0 Å². The van der Waals surface area contributed by atoms with Crippen LogP contribution in [0.25, 0.3) is 22.0 Å². The van der Waals surface area contributed by atoms with E-state index in [1.807, 2.05) is 42.5 Å². The number of carbonyl (C=O) groups is 1. The quantitative estimate of drug-likeness (QED) is 0.724. The third-order valence-electron chi connectivity index (χ3n) is 3.46. The molecule has 0 radical (unpaired) electrons. The molecule has 0 aliphatic carbocycles. The Morgan fingerprint density at radius 2 is 2.00 bits per heavy atom. The van der Waals surface area contributed by atoms with Crippen molar-refractivity contribution in [1.29, 1.82) is 0 Å². The number of rotatable bonds is 4. The van der Waals surface area contributed by atoms with Gasteiger partial charge in [-0.15, -0.1) is 0 Å². The number of amides is 1. The summed E-state index contributed by atoms with van der Waals surface area (Å²) in [5, 5.41) is 6.68. The summed E-state index contributed by atoms with van der Waals surface area (Å²) in [5.74, 6) is 0.355. The van der Waals surface area contributed by atoms with Crippen molar-refractivity contribution in [3.05, 3.63) is 61.3 Å². The van der Waals surface area contributed by atoms with Crippen molar-refractivity contribution in [3.8, 4) is 11.1 Å². The van der Waals surface area contributed by atoms with Crippen molar-refractivity contribution in [2.75, 3.05) is 17.7 Å². The molecule has 23 heavy (non-hydrogen) atoms. The molecule has 1 heterocycles. The summed E-state index contributed by atoms with van der Waals surface area (Å²) in [6, 6.07) is 13.7. The Labute approximate surface area is 134 Å². The number of hydrogen-bond donors (Lipinski definition) is 2. The smallest absolute Gasteiger partial charge is 0.247 e. The van der Waals surface area contributed by atoms with Crippen LogP contribution in [0.15, 0.2) is 61.3 Å². The molecule has 0 aliphatic heterocycles. The maximum Gasteiger partial charge on any atom is 0.247 e. The molecule has 0 unspecified atom stereocenters. The lowest BCUT2D eigenvalue weighted by atomic mass is 10.0. The number of nitrogens with one attached hydrogen (secondary N) is 2. The molecule has 3 rings (SSSR count). The number of fused-ring (bicyclic) bond motifs is 1. The molecule has 3 aromatic rings. The number of nitrogens with zero attached hydrogens (tertiary/aromatic N) is 2. The van der Waals surface area contributed by atoms with Gasteiger partial charge in [0.05, 0.1) is 5.52 Å². The van der Waals surface area contributed by atoms with E-state index in [1.54, 1.807) is 13.2 Å². The number of benzene rings is 2. The second-order valence-corrected chi connectivity index (χ2v) is 4.99. The van der Waals surface area contributed by atoms with Gasteiger partial charge in [-0.05, 0) is 35.4 Å². The van der Waals surface area contributed by atoms with E-state index < -0.39 is 0 Å². The average molecular weight is 304 g/mol. The normalized spacial score (nSPS) is 10.3. The van der Waals surface area contributed by atoms with Crippen molar-refractivity contribution in [2.45, 2.75) is 0 Å². The maximum absolute atomic E-state index is 11.4. The van der Waals surface area contributed by atoms with E-state index >= 15 is 0 Å². The van der Waals surface area contributed by atoms with Gasteiger partial charge in [0.25, 0.3) is 0 Å². The summed E-state index contributed by atoms with van der Waals surface area (Å²) < 4.78 is 0. The Hall–Kier alpha value is -3.21. The zero-order valence-corrected chi connectivity index (χ0v) is 12.7. The second-order valence-electron chi connectivity index (χ2n) is 4.99. The van der Waals surface area contributed by atoms with E-state index in [0.29, 0.717) is 5.95 Å². The summed E-state index contributed by atoms with van der Waals surface area (Å²) in [6.45, 7) is 3.46. The van der Waals surface area contributed by atoms with Crippen molar-refractivity contribution >= 4 is 28.4 Å². The highest BCUT2D eigenvalue weighted by atomic mass is 16.1. The van der Waals surface area contributed by atoms with Crippen LogP contribution >= 0.6 is 0 Å². The van der Waals surface area contributed by atoms with Gasteiger partial charge in [0.15, 0.2) is 0 Å². The lowest BCUT2D eigenvalue weighted by Crippen LogP contribution is -2.06. The van der Waals surface area contributed by atoms with E-state index in [-0.39, 0.29) is 5.91 Å². The van der Waals surface area contributed by atoms with Crippen LogP contribution in [0, 0.1) is 0 Å². The molecular formula is C18H16N4O. The van der Waals surface area contributed by atoms with Gasteiger partial charge in [-0.3, -0.25) is 4.79 Å². The fourth-order valence-electron chi connectivity index (χ4n) is 2.29. The second kappa shape index (κ2) is 6.27. The van der Waals surface area contributed by atoms with Gasteiger partial charge >= 0.3 is 0 Å². The van der Waals surface area contributed by atoms with Gasteiger partial charge in [0.1, 0.15) is 0 Å². The van der Waals surface area contributed by atoms with Crippen molar-refractivity contribution < 1.29 is 4.79 Å². The van der Waals surface area contributed by atoms with Crippen molar-refractivity contribution in [2.24, 2.45) is 0 Å². The maximum atomic E-state index is 11.4. The molecule has 114 valence electrons. The van der Waals surface area contributed by atoms with Gasteiger partial charge in [-0.25, -0.2) is 9.97 Å². The molecule has 5 nitrogen and oxygen atoms in total. The van der Waals surface area contributed by atoms with Crippen LogP contribution in [0.2, 0.25) is 0 Å². The molecule has 0 spiro atoms. The number of aromatic nitrogens is 2. The van der Waals surface area contributed by atoms with Crippen LogP contribution in [-0.2, 0) is 4.79 Å². The summed E-state index contributed by atoms with van der Waals surface area (Å²) in [7, 11) is 1.79. The topological polar surface area (TPSA) is 66.9 Å². The lowest BCUT2D eigenvalue weighted by Gasteiger charge is -2.07. The largest absolute Gasteiger partial charge is 0.357 e. The van der Waals surface area contributed by atoms with E-state index in [9.17, 15) is 4.79 Å². The molecule has 0 saturated heterocycles. The molecule has 5 heteroatoms. The molecule has 0 aliphatic rings. The van der Waals surface area contributed by atoms with Crippen LogP contribution in [0.3, 0.4) is 0 Å². The minimum Gasteiger partial charge on any atom is -0.357 e. The Bertz CT molecular complexity index is 889. The van der Waals surface area contributed by atoms with E-state index in [0.717, 1.165) is 27.7 Å². The highest BCUT2D eigenvalue weighted by molar-refractivity contribution is 5.99. The van der Waals surface area contributed by atoms with Crippen LogP contribution in [0.1, 0.15) is 0 Å². The molecular weight excluding hydrogens is 288 g/mol. The first kappa shape index (κ1) is 14.7. The van der Waals surface area contributed by atoms with E-state index in [4.69, 9.17) is 0 Å². The Morgan fingerprint density at radius 1 is 1.17 bits per heavy atom. The standard InChI is InChI=1S/C18H16N4O/c1-3-17(23)21-15-6-4-5-12(9-15)13-7-8-14-11-20-18(19-2)22-16(14)10-13/h3-11H,1H2,2H3,(H,21,23)(H,19,20,22). The predicted octanol–water partition coefficient (Wildman–Crippen LogP) is 3.46. The first-order chi connectivity index (χ1) is 11.2. The first-order valence-electron chi connectivity index (χ1n) is 7.18. The zero-order valence-electron chi connectivity index (χ0n) is 12.7. The van der Waals surface area contributed by atoms with E-state index in [2.05, 4.69) is 27.2 Å². The van der Waals surface area contributed by atoms with Crippen LogP contribution in [-0.4, -0.2) is 22.9 Å². The van der Waals surface area contributed by atoms with Crippen LogP contribution in [0.5, 0.6) is 0 Å². The molecule has 1 aromatic heterocycles. The molecule has 2 N–H and O–H groups in total. The molecule has 2 aromatic carbocycles. The zero-order chi connectivity index (χ0) is 16.2. The van der Waals surface area contributed by atoms with Gasteiger partial charge in [0.2, 0.25) is 11.9 Å². The fraction of sp³-hybridized carbons (Fsp3) is 0.0556. The summed E-state index contributed by atoms with van der Waals surface area (Å²) in [6.07, 6.45) is 3.04. The van der Waals surface area contributed by atoms with Crippen molar-refractivity contribution in [1.82, 2.24) is 9.97 Å². The molecule has 0 saturated carbocycles. The fourth-order valence-corrected chi connectivity index (χ4v) is 2.29. The minimum atomic E-state index is -0.230. The van der Waals surface area contributed by atoms with Crippen LogP contribution < -0.4 is 10.6 Å². The van der Waals surface area contributed by atoms with Gasteiger partial charge in [-0.2, -0.15) is 0 Å². The molecule has 1 amide bonds. The van der Waals surface area contributed by atoms with Gasteiger partial charge < -0.3 is 10.6 Å². The number of hydrogen-bond acceptors (Lipinski definition) is 4.